The molecule has 7 heteroatoms. The molecule has 1 fully saturated rings. The first kappa shape index (κ1) is 15.8. The summed E-state index contributed by atoms with van der Waals surface area (Å²) in [4.78, 5) is 28.9. The van der Waals surface area contributed by atoms with E-state index in [-0.39, 0.29) is 24.3 Å². The van der Waals surface area contributed by atoms with Crippen molar-refractivity contribution in [3.05, 3.63) is 16.6 Å². The number of urea groups is 1. The Morgan fingerprint density at radius 1 is 1.62 bits per heavy atom. The number of nitrogens with one attached hydrogen (secondary N) is 1. The van der Waals surface area contributed by atoms with E-state index in [9.17, 15) is 9.59 Å². The van der Waals surface area contributed by atoms with Crippen molar-refractivity contribution in [3.63, 3.8) is 0 Å². The molecule has 1 aromatic heterocycles. The summed E-state index contributed by atoms with van der Waals surface area (Å²) in [5.41, 5.74) is 0. The van der Waals surface area contributed by atoms with Crippen LogP contribution in [0.1, 0.15) is 37.1 Å². The molecule has 0 saturated carbocycles. The summed E-state index contributed by atoms with van der Waals surface area (Å²) in [7, 11) is 0. The van der Waals surface area contributed by atoms with E-state index >= 15 is 0 Å². The zero-order valence-electron chi connectivity index (χ0n) is 12.1. The lowest BCUT2D eigenvalue weighted by Crippen LogP contribution is -2.46. The Bertz CT molecular complexity index is 478. The van der Waals surface area contributed by atoms with Crippen LogP contribution in [0.4, 0.5) is 4.79 Å². The van der Waals surface area contributed by atoms with Crippen molar-refractivity contribution >= 4 is 23.3 Å². The summed E-state index contributed by atoms with van der Waals surface area (Å²) in [6.45, 7) is 3.81. The maximum absolute atomic E-state index is 12.2. The number of carbonyl (C=O) groups is 2. The molecule has 1 aliphatic heterocycles. The topological polar surface area (TPSA) is 82.5 Å². The molecule has 0 spiro atoms. The van der Waals surface area contributed by atoms with Gasteiger partial charge in [-0.3, -0.25) is 4.79 Å². The van der Waals surface area contributed by atoms with Crippen LogP contribution < -0.4 is 5.32 Å². The SMILES string of the molecule is CC(CNC(=O)N1CCCC(CC(=O)O)C1)c1nccs1. The first-order valence-corrected chi connectivity index (χ1v) is 8.08. The lowest BCUT2D eigenvalue weighted by molar-refractivity contribution is -0.138. The smallest absolute Gasteiger partial charge is 0.317 e. The molecule has 2 N–H and O–H groups in total. The first-order chi connectivity index (χ1) is 10.1. The zero-order chi connectivity index (χ0) is 15.2. The molecule has 0 bridgehead atoms. The number of rotatable bonds is 5. The summed E-state index contributed by atoms with van der Waals surface area (Å²) in [5, 5.41) is 14.7. The second-order valence-electron chi connectivity index (χ2n) is 5.51. The molecule has 0 radical (unpaired) electrons. The van der Waals surface area contributed by atoms with E-state index in [2.05, 4.69) is 10.3 Å². The van der Waals surface area contributed by atoms with Gasteiger partial charge in [-0.05, 0) is 18.8 Å². The van der Waals surface area contributed by atoms with Gasteiger partial charge in [-0.1, -0.05) is 6.92 Å². The van der Waals surface area contributed by atoms with Crippen LogP contribution in [-0.2, 0) is 4.79 Å². The Labute approximate surface area is 128 Å². The number of carbonyl (C=O) groups excluding carboxylic acids is 1. The van der Waals surface area contributed by atoms with Crippen molar-refractivity contribution in [2.24, 2.45) is 5.92 Å². The molecule has 2 unspecified atom stereocenters. The van der Waals surface area contributed by atoms with Gasteiger partial charge < -0.3 is 15.3 Å². The van der Waals surface area contributed by atoms with Crippen LogP contribution in [-0.4, -0.2) is 46.6 Å². The largest absolute Gasteiger partial charge is 0.481 e. The minimum absolute atomic E-state index is 0.0680. The molecule has 21 heavy (non-hydrogen) atoms. The number of carboxylic acid groups (broad SMARTS) is 1. The number of nitrogens with zero attached hydrogens (tertiary/aromatic N) is 2. The Hall–Kier alpha value is -1.63. The molecule has 2 heterocycles. The van der Waals surface area contributed by atoms with Gasteiger partial charge in [0.15, 0.2) is 0 Å². The normalized spacial score (nSPS) is 20.0. The molecular formula is C14H21N3O3S. The molecule has 6 nitrogen and oxygen atoms in total. The van der Waals surface area contributed by atoms with Crippen molar-refractivity contribution < 1.29 is 14.7 Å². The minimum atomic E-state index is -0.792. The summed E-state index contributed by atoms with van der Waals surface area (Å²) in [6.07, 6.45) is 3.65. The van der Waals surface area contributed by atoms with Crippen LogP contribution in [0.15, 0.2) is 11.6 Å². The lowest BCUT2D eigenvalue weighted by atomic mass is 9.95. The van der Waals surface area contributed by atoms with Crippen molar-refractivity contribution in [2.45, 2.75) is 32.1 Å². The zero-order valence-corrected chi connectivity index (χ0v) is 12.9. The van der Waals surface area contributed by atoms with Crippen LogP contribution in [0.5, 0.6) is 0 Å². The molecule has 0 aromatic carbocycles. The quantitative estimate of drug-likeness (QED) is 0.873. The van der Waals surface area contributed by atoms with Crippen LogP contribution in [0.2, 0.25) is 0 Å². The number of likely N-dealkylation sites (tertiary alicyclic amines) is 1. The van der Waals surface area contributed by atoms with E-state index in [0.29, 0.717) is 19.6 Å². The minimum Gasteiger partial charge on any atom is -0.481 e. The first-order valence-electron chi connectivity index (χ1n) is 7.20. The predicted molar refractivity (Wildman–Crippen MR) is 80.5 cm³/mol. The van der Waals surface area contributed by atoms with Crippen LogP contribution in [0.3, 0.4) is 0 Å². The highest BCUT2D eigenvalue weighted by atomic mass is 32.1. The summed E-state index contributed by atoms with van der Waals surface area (Å²) >= 11 is 1.58. The number of hydrogen-bond acceptors (Lipinski definition) is 4. The highest BCUT2D eigenvalue weighted by molar-refractivity contribution is 7.09. The summed E-state index contributed by atoms with van der Waals surface area (Å²) in [6, 6.07) is -0.103. The van der Waals surface area contributed by atoms with E-state index < -0.39 is 5.97 Å². The second kappa shape index (κ2) is 7.40. The number of hydrogen-bond donors (Lipinski definition) is 2. The third kappa shape index (κ3) is 4.70. The average molecular weight is 311 g/mol. The van der Waals surface area contributed by atoms with Crippen LogP contribution in [0, 0.1) is 5.92 Å². The molecule has 1 saturated heterocycles. The number of thiazole rings is 1. The predicted octanol–water partition coefficient (Wildman–Crippen LogP) is 2.14. The monoisotopic (exact) mass is 311 g/mol. The number of piperidine rings is 1. The number of carboxylic acids is 1. The van der Waals surface area contributed by atoms with Gasteiger partial charge in [-0.2, -0.15) is 0 Å². The van der Waals surface area contributed by atoms with Crippen LogP contribution in [0.25, 0.3) is 0 Å². The molecule has 2 atom stereocenters. The van der Waals surface area contributed by atoms with E-state index in [1.165, 1.54) is 0 Å². The second-order valence-corrected chi connectivity index (χ2v) is 6.44. The van der Waals surface area contributed by atoms with Crippen molar-refractivity contribution in [3.8, 4) is 0 Å². The van der Waals surface area contributed by atoms with Gasteiger partial charge in [-0.25, -0.2) is 9.78 Å². The number of aromatic nitrogens is 1. The fraction of sp³-hybridized carbons (Fsp3) is 0.643. The van der Waals surface area contributed by atoms with Crippen LogP contribution >= 0.6 is 11.3 Å². The number of amides is 2. The lowest BCUT2D eigenvalue weighted by Gasteiger charge is -2.32. The highest BCUT2D eigenvalue weighted by Gasteiger charge is 2.25. The molecule has 2 rings (SSSR count). The Morgan fingerprint density at radius 2 is 2.43 bits per heavy atom. The van der Waals surface area contributed by atoms with Gasteiger partial charge >= 0.3 is 12.0 Å². The standard InChI is InChI=1S/C14H21N3O3S/c1-10(13-15-4-6-21-13)8-16-14(20)17-5-2-3-11(9-17)7-12(18)19/h4,6,10-11H,2-3,5,7-9H2,1H3,(H,16,20)(H,18,19). The fourth-order valence-corrected chi connectivity index (χ4v) is 3.28. The molecule has 0 aliphatic carbocycles. The maximum atomic E-state index is 12.2. The van der Waals surface area contributed by atoms with E-state index in [1.807, 2.05) is 12.3 Å². The summed E-state index contributed by atoms with van der Waals surface area (Å²) < 4.78 is 0. The van der Waals surface area contributed by atoms with Gasteiger partial charge in [0.1, 0.15) is 0 Å². The third-order valence-corrected chi connectivity index (χ3v) is 4.71. The van der Waals surface area contributed by atoms with Crippen molar-refractivity contribution in [1.82, 2.24) is 15.2 Å². The molecule has 1 aliphatic rings. The van der Waals surface area contributed by atoms with Crippen molar-refractivity contribution in [2.75, 3.05) is 19.6 Å². The molecule has 1 aromatic rings. The van der Waals surface area contributed by atoms with Gasteiger partial charge in [0.05, 0.1) is 5.01 Å². The van der Waals surface area contributed by atoms with Gasteiger partial charge in [-0.15, -0.1) is 11.3 Å². The van der Waals surface area contributed by atoms with Gasteiger partial charge in [0.2, 0.25) is 0 Å². The Morgan fingerprint density at radius 3 is 3.10 bits per heavy atom. The maximum Gasteiger partial charge on any atom is 0.317 e. The van der Waals surface area contributed by atoms with E-state index in [0.717, 1.165) is 17.8 Å². The Kier molecular flexibility index (Phi) is 5.55. The van der Waals surface area contributed by atoms with Gasteiger partial charge in [0.25, 0.3) is 0 Å². The van der Waals surface area contributed by atoms with E-state index in [4.69, 9.17) is 5.11 Å². The number of aliphatic carboxylic acids is 1. The average Bonchev–Trinajstić information content (AvgIpc) is 2.98. The molecular weight excluding hydrogens is 290 g/mol. The molecule has 2 amide bonds. The third-order valence-electron chi connectivity index (χ3n) is 3.70. The van der Waals surface area contributed by atoms with Gasteiger partial charge in [0, 0.05) is 43.5 Å². The van der Waals surface area contributed by atoms with E-state index in [1.54, 1.807) is 22.4 Å². The van der Waals surface area contributed by atoms with Crippen molar-refractivity contribution in [1.29, 1.82) is 0 Å². The fourth-order valence-electron chi connectivity index (χ4n) is 2.58. The molecule has 116 valence electrons. The summed E-state index contributed by atoms with van der Waals surface area (Å²) in [5.74, 6) is -0.536. The highest BCUT2D eigenvalue weighted by Crippen LogP contribution is 2.20. The Balaban J connectivity index is 1.78.